The van der Waals surface area contributed by atoms with Gasteiger partial charge in [-0.25, -0.2) is 0 Å². The van der Waals surface area contributed by atoms with Crippen molar-refractivity contribution in [2.45, 2.75) is 6.42 Å². The van der Waals surface area contributed by atoms with Crippen molar-refractivity contribution in [1.29, 1.82) is 0 Å². The molecule has 0 aliphatic rings. The lowest BCUT2D eigenvalue weighted by atomic mass is 9.61. The van der Waals surface area contributed by atoms with E-state index in [1.54, 1.807) is 0 Å². The van der Waals surface area contributed by atoms with Crippen LogP contribution in [0.4, 0.5) is 0 Å². The summed E-state index contributed by atoms with van der Waals surface area (Å²) in [6.07, 6.45) is 6.95. The molecule has 1 heterocycles. The van der Waals surface area contributed by atoms with Crippen LogP contribution in [-0.2, 0) is 6.42 Å². The van der Waals surface area contributed by atoms with Crippen LogP contribution >= 0.6 is 0 Å². The zero-order valence-corrected chi connectivity index (χ0v) is 37.8. The number of hydrogen-bond donors (Lipinski definition) is 0. The third kappa shape index (κ3) is 5.32. The molecular weight excluding hydrogens is 763 g/mol. The number of benzene rings is 11. The summed E-state index contributed by atoms with van der Waals surface area (Å²) < 4.78 is 7.00. The number of terminal acetylenes is 1. The standard InChI is InChI=1S/C55H40B8O/c1-2-38(56)54-44(47-48(58)45-46(51(61)55(47)64-54)50(60)53(63)52(62)49(45)59)39(57)24-32-14-13-31(33-19-15-29-11-9-25-5-3-7-27-17-21-35(33)42(29)40(25)27)23-37(32)34-20-16-30-12-10-26-6-4-8-28-18-22-36(34)43(30)41(26)28/h1,3-23H,24,56-63H2/b44-39+,54-38-. The Hall–Kier alpha value is -6.88. The van der Waals surface area contributed by atoms with Crippen LogP contribution in [0.2, 0.25) is 0 Å². The van der Waals surface area contributed by atoms with Crippen molar-refractivity contribution >= 4 is 193 Å². The molecule has 1 aromatic heterocycles. The highest BCUT2D eigenvalue weighted by atomic mass is 16.3. The van der Waals surface area contributed by atoms with Gasteiger partial charge in [0, 0.05) is 16.1 Å². The smallest absolute Gasteiger partial charge is 0.155 e. The Morgan fingerprint density at radius 2 is 0.938 bits per heavy atom. The first-order chi connectivity index (χ1) is 31.0. The Morgan fingerprint density at radius 1 is 0.453 bits per heavy atom. The zero-order chi connectivity index (χ0) is 43.9. The highest BCUT2D eigenvalue weighted by Crippen LogP contribution is 2.44. The second kappa shape index (κ2) is 14.1. The summed E-state index contributed by atoms with van der Waals surface area (Å²) in [5.41, 5.74) is 17.8. The van der Waals surface area contributed by atoms with E-state index in [4.69, 9.17) is 10.8 Å². The molecule has 12 aromatic rings. The number of hydrogen-bond acceptors (Lipinski definition) is 1. The van der Waals surface area contributed by atoms with Gasteiger partial charge in [-0.2, -0.15) is 0 Å². The summed E-state index contributed by atoms with van der Waals surface area (Å²) in [4.78, 5) is 0. The molecule has 11 aromatic carbocycles. The summed E-state index contributed by atoms with van der Waals surface area (Å²) in [6, 6.07) is 48.2. The van der Waals surface area contributed by atoms with E-state index in [2.05, 4.69) is 188 Å². The molecule has 12 rings (SSSR count). The van der Waals surface area contributed by atoms with Gasteiger partial charge in [-0.3, -0.25) is 0 Å². The van der Waals surface area contributed by atoms with Crippen LogP contribution in [0.3, 0.4) is 0 Å². The third-order valence-corrected chi connectivity index (χ3v) is 15.3. The van der Waals surface area contributed by atoms with E-state index in [1.165, 1.54) is 147 Å². The molecule has 0 amide bonds. The minimum Gasteiger partial charge on any atom is -0.457 e. The molecule has 290 valence electrons. The molecule has 0 saturated carbocycles. The van der Waals surface area contributed by atoms with Gasteiger partial charge in [0.05, 0.1) is 0 Å². The van der Waals surface area contributed by atoms with E-state index in [9.17, 15) is 0 Å². The van der Waals surface area contributed by atoms with Gasteiger partial charge in [0.15, 0.2) is 7.85 Å². The molecule has 9 heteroatoms. The SMILES string of the molecule is B/C(Cc1ccc(-c2ccc3ccc4cccc5ccc2c3c45)cc1-c1ccc2ccc3cccc4ccc1c2c34)=c1/c(=C(/B)C#C)oc2c(B)c3c(B)c(B)c(B)c(B)c3c(B)c12. The first-order valence-corrected chi connectivity index (χ1v) is 22.6. The van der Waals surface area contributed by atoms with Crippen molar-refractivity contribution in [2.75, 3.05) is 0 Å². The van der Waals surface area contributed by atoms with Crippen LogP contribution in [0.15, 0.2) is 132 Å². The Balaban J connectivity index is 1.16. The summed E-state index contributed by atoms with van der Waals surface area (Å²) in [5, 5.41) is 20.4. The van der Waals surface area contributed by atoms with Gasteiger partial charge in [-0.15, -0.1) is 17.3 Å². The molecule has 0 unspecified atom stereocenters. The summed E-state index contributed by atoms with van der Waals surface area (Å²) in [5.74, 6) is 2.97. The van der Waals surface area contributed by atoms with Crippen LogP contribution in [0.5, 0.6) is 0 Å². The maximum absolute atomic E-state index is 7.00. The predicted molar refractivity (Wildman–Crippen MR) is 303 cm³/mol. The molecular formula is C55H40B8O. The van der Waals surface area contributed by atoms with Crippen molar-refractivity contribution in [3.05, 3.63) is 144 Å². The van der Waals surface area contributed by atoms with Crippen LogP contribution in [0.1, 0.15) is 5.56 Å². The van der Waals surface area contributed by atoms with Crippen LogP contribution in [0, 0.1) is 12.3 Å². The van der Waals surface area contributed by atoms with E-state index < -0.39 is 0 Å². The van der Waals surface area contributed by atoms with E-state index in [-0.39, 0.29) is 0 Å². The summed E-state index contributed by atoms with van der Waals surface area (Å²) in [7, 11) is 17.9. The largest absolute Gasteiger partial charge is 0.457 e. The third-order valence-electron chi connectivity index (χ3n) is 15.3. The van der Waals surface area contributed by atoms with Gasteiger partial charge in [0.2, 0.25) is 0 Å². The Morgan fingerprint density at radius 3 is 1.50 bits per heavy atom. The Kier molecular flexibility index (Phi) is 8.52. The van der Waals surface area contributed by atoms with Crippen LogP contribution in [-0.4, -0.2) is 62.8 Å². The van der Waals surface area contributed by atoms with Crippen molar-refractivity contribution in [3.63, 3.8) is 0 Å². The highest BCUT2D eigenvalue weighted by Gasteiger charge is 2.22. The van der Waals surface area contributed by atoms with Gasteiger partial charge in [0.25, 0.3) is 0 Å². The lowest BCUT2D eigenvalue weighted by molar-refractivity contribution is 0.577. The first-order valence-electron chi connectivity index (χ1n) is 22.6. The molecule has 0 aliphatic heterocycles. The second-order valence-corrected chi connectivity index (χ2v) is 18.5. The quantitative estimate of drug-likeness (QED) is 0.145. The lowest BCUT2D eigenvalue weighted by Gasteiger charge is -2.20. The predicted octanol–water partition coefficient (Wildman–Crippen LogP) is 0.624. The van der Waals surface area contributed by atoms with Crippen molar-refractivity contribution in [3.8, 4) is 34.6 Å². The molecule has 0 spiro atoms. The minimum atomic E-state index is 0.719. The molecule has 0 aliphatic carbocycles. The average molecular weight is 803 g/mol. The van der Waals surface area contributed by atoms with Gasteiger partial charge >= 0.3 is 0 Å². The van der Waals surface area contributed by atoms with Crippen molar-refractivity contribution in [1.82, 2.24) is 0 Å². The highest BCUT2D eigenvalue weighted by molar-refractivity contribution is 6.71. The average Bonchev–Trinajstić information content (AvgIpc) is 3.74. The summed E-state index contributed by atoms with van der Waals surface area (Å²) >= 11 is 0. The molecule has 1 nitrogen and oxygen atoms in total. The monoisotopic (exact) mass is 804 g/mol. The maximum atomic E-state index is 7.00. The fourth-order valence-electron chi connectivity index (χ4n) is 11.8. The van der Waals surface area contributed by atoms with E-state index >= 15 is 0 Å². The van der Waals surface area contributed by atoms with Crippen molar-refractivity contribution in [2.24, 2.45) is 0 Å². The van der Waals surface area contributed by atoms with E-state index in [1.807, 2.05) is 7.85 Å². The fourth-order valence-corrected chi connectivity index (χ4v) is 11.8. The topological polar surface area (TPSA) is 13.1 Å². The fraction of sp³-hybridized carbons (Fsp3) is 0.0182. The van der Waals surface area contributed by atoms with E-state index in [0.717, 1.165) is 28.1 Å². The number of furan rings is 1. The zero-order valence-electron chi connectivity index (χ0n) is 37.8. The normalized spacial score (nSPS) is 13.1. The Bertz CT molecular complexity index is 4180. The number of rotatable bonds is 4. The second-order valence-electron chi connectivity index (χ2n) is 18.5. The Labute approximate surface area is 379 Å². The molecule has 0 saturated heterocycles. The van der Waals surface area contributed by atoms with Gasteiger partial charge < -0.3 is 4.42 Å². The van der Waals surface area contributed by atoms with Crippen LogP contribution < -0.4 is 43.4 Å². The van der Waals surface area contributed by atoms with Crippen molar-refractivity contribution < 1.29 is 4.42 Å². The van der Waals surface area contributed by atoms with Gasteiger partial charge in [0.1, 0.15) is 65.9 Å². The first kappa shape index (κ1) is 38.8. The lowest BCUT2D eigenvalue weighted by Crippen LogP contribution is -2.50. The van der Waals surface area contributed by atoms with Gasteiger partial charge in [-0.1, -0.05) is 149 Å². The van der Waals surface area contributed by atoms with E-state index in [0.29, 0.717) is 0 Å². The maximum Gasteiger partial charge on any atom is 0.155 e. The molecule has 0 radical (unpaired) electrons. The molecule has 0 atom stereocenters. The van der Waals surface area contributed by atoms with Gasteiger partial charge in [-0.05, 0) is 121 Å². The molecule has 64 heavy (non-hydrogen) atoms. The minimum absolute atomic E-state index is 0.719. The molecule has 0 N–H and O–H groups in total. The molecule has 0 fully saturated rings. The number of fused-ring (bicyclic) bond motifs is 2. The van der Waals surface area contributed by atoms with Crippen LogP contribution in [0.25, 0.3) is 120 Å². The molecule has 0 bridgehead atoms. The summed E-state index contributed by atoms with van der Waals surface area (Å²) in [6.45, 7) is 0.